The van der Waals surface area contributed by atoms with Crippen LogP contribution in [0.4, 0.5) is 16.2 Å². The van der Waals surface area contributed by atoms with Crippen LogP contribution in [0, 0.1) is 0 Å². The van der Waals surface area contributed by atoms with Crippen molar-refractivity contribution in [2.45, 2.75) is 33.3 Å². The lowest BCUT2D eigenvalue weighted by molar-refractivity contribution is -0.114. The molecule has 0 bridgehead atoms. The third kappa shape index (κ3) is 7.01. The largest absolute Gasteiger partial charge is 0.495 e. The molecule has 1 atom stereocenters. The molecule has 0 aromatic heterocycles. The Labute approximate surface area is 136 Å². The number of nitrogens with one attached hydrogen (secondary N) is 3. The van der Waals surface area contributed by atoms with Crippen molar-refractivity contribution in [3.63, 3.8) is 0 Å². The second-order valence-corrected chi connectivity index (χ2v) is 5.11. The Hall–Kier alpha value is -2.28. The van der Waals surface area contributed by atoms with Gasteiger partial charge in [-0.1, -0.05) is 6.92 Å². The molecule has 7 nitrogen and oxygen atoms in total. The van der Waals surface area contributed by atoms with Crippen molar-refractivity contribution in [1.29, 1.82) is 0 Å². The first-order valence-electron chi connectivity index (χ1n) is 7.58. The molecular formula is C16H25N3O4. The Balaban J connectivity index is 2.59. The molecule has 0 spiro atoms. The molecule has 128 valence electrons. The van der Waals surface area contributed by atoms with Gasteiger partial charge in [0.2, 0.25) is 5.91 Å². The predicted octanol–water partition coefficient (Wildman–Crippen LogP) is 2.59. The molecule has 3 N–H and O–H groups in total. The van der Waals surface area contributed by atoms with Gasteiger partial charge in [-0.2, -0.15) is 0 Å². The predicted molar refractivity (Wildman–Crippen MR) is 90.0 cm³/mol. The van der Waals surface area contributed by atoms with E-state index in [4.69, 9.17) is 9.47 Å². The summed E-state index contributed by atoms with van der Waals surface area (Å²) in [4.78, 5) is 23.1. The molecule has 0 aliphatic heterocycles. The van der Waals surface area contributed by atoms with Crippen molar-refractivity contribution in [2.75, 3.05) is 30.9 Å². The van der Waals surface area contributed by atoms with Crippen molar-refractivity contribution in [2.24, 2.45) is 0 Å². The number of rotatable bonds is 8. The van der Waals surface area contributed by atoms with E-state index in [0.29, 0.717) is 30.3 Å². The number of methoxy groups -OCH3 is 1. The summed E-state index contributed by atoms with van der Waals surface area (Å²) in [5, 5.41) is 8.10. The number of ether oxygens (including phenoxy) is 2. The first-order chi connectivity index (χ1) is 11.0. The number of hydrogen-bond donors (Lipinski definition) is 3. The van der Waals surface area contributed by atoms with Gasteiger partial charge in [-0.25, -0.2) is 4.79 Å². The number of carbonyl (C=O) groups is 2. The van der Waals surface area contributed by atoms with Crippen LogP contribution < -0.4 is 20.7 Å². The van der Waals surface area contributed by atoms with Gasteiger partial charge in [-0.15, -0.1) is 0 Å². The van der Waals surface area contributed by atoms with Gasteiger partial charge in [0.25, 0.3) is 0 Å². The average Bonchev–Trinajstić information content (AvgIpc) is 2.50. The maximum absolute atomic E-state index is 11.9. The summed E-state index contributed by atoms with van der Waals surface area (Å²) in [6, 6.07) is 4.67. The van der Waals surface area contributed by atoms with E-state index in [9.17, 15) is 9.59 Å². The molecule has 0 saturated carbocycles. The third-order valence-corrected chi connectivity index (χ3v) is 2.92. The van der Waals surface area contributed by atoms with Gasteiger partial charge in [0.05, 0.1) is 18.9 Å². The minimum absolute atomic E-state index is 0.0495. The van der Waals surface area contributed by atoms with Crippen LogP contribution in [-0.4, -0.2) is 38.3 Å². The third-order valence-electron chi connectivity index (χ3n) is 2.92. The van der Waals surface area contributed by atoms with E-state index in [1.54, 1.807) is 18.2 Å². The minimum atomic E-state index is -0.337. The fourth-order valence-electron chi connectivity index (χ4n) is 1.86. The Morgan fingerprint density at radius 1 is 1.26 bits per heavy atom. The van der Waals surface area contributed by atoms with E-state index in [1.165, 1.54) is 14.0 Å². The summed E-state index contributed by atoms with van der Waals surface area (Å²) in [5.41, 5.74) is 1.05. The van der Waals surface area contributed by atoms with Crippen LogP contribution >= 0.6 is 0 Å². The molecular weight excluding hydrogens is 298 g/mol. The van der Waals surface area contributed by atoms with Crippen molar-refractivity contribution in [3.8, 4) is 5.75 Å². The van der Waals surface area contributed by atoms with E-state index in [0.717, 1.165) is 6.42 Å². The maximum atomic E-state index is 11.9. The monoisotopic (exact) mass is 323 g/mol. The van der Waals surface area contributed by atoms with Crippen LogP contribution in [0.2, 0.25) is 0 Å². The molecule has 0 fully saturated rings. The van der Waals surface area contributed by atoms with Crippen molar-refractivity contribution >= 4 is 23.3 Å². The van der Waals surface area contributed by atoms with Crippen LogP contribution in [0.3, 0.4) is 0 Å². The topological polar surface area (TPSA) is 88.7 Å². The molecule has 0 saturated heterocycles. The van der Waals surface area contributed by atoms with E-state index in [1.807, 2.05) is 13.8 Å². The quantitative estimate of drug-likeness (QED) is 0.686. The van der Waals surface area contributed by atoms with Crippen LogP contribution in [0.15, 0.2) is 18.2 Å². The number of anilines is 2. The zero-order valence-corrected chi connectivity index (χ0v) is 14.1. The summed E-state index contributed by atoms with van der Waals surface area (Å²) in [6.07, 6.45) is 0.889. The SMILES string of the molecule is CCCO[C@@H](C)CNC(=O)Nc1ccc(OC)c(NC(C)=O)c1. The molecule has 1 aromatic rings. The molecule has 0 heterocycles. The highest BCUT2D eigenvalue weighted by Crippen LogP contribution is 2.27. The van der Waals surface area contributed by atoms with Gasteiger partial charge in [0, 0.05) is 25.8 Å². The number of carbonyl (C=O) groups excluding carboxylic acids is 2. The second kappa shape index (κ2) is 9.68. The standard InChI is InChI=1S/C16H25N3O4/c1-5-8-23-11(2)10-17-16(21)19-13-6-7-15(22-4)14(9-13)18-12(3)20/h6-7,9,11H,5,8,10H2,1-4H3,(H,18,20)(H2,17,19,21)/t11-/m0/s1. The van der Waals surface area contributed by atoms with Gasteiger partial charge < -0.3 is 25.4 Å². The molecule has 3 amide bonds. The molecule has 0 radical (unpaired) electrons. The number of hydrogen-bond acceptors (Lipinski definition) is 4. The average molecular weight is 323 g/mol. The smallest absolute Gasteiger partial charge is 0.319 e. The highest BCUT2D eigenvalue weighted by Gasteiger charge is 2.09. The Morgan fingerprint density at radius 3 is 2.61 bits per heavy atom. The Kier molecular flexibility index (Phi) is 7.90. The summed E-state index contributed by atoms with van der Waals surface area (Å²) >= 11 is 0. The highest BCUT2D eigenvalue weighted by molar-refractivity contribution is 5.94. The van der Waals surface area contributed by atoms with Crippen LogP contribution in [0.25, 0.3) is 0 Å². The van der Waals surface area contributed by atoms with Crippen molar-refractivity contribution in [3.05, 3.63) is 18.2 Å². The number of amides is 3. The summed E-state index contributed by atoms with van der Waals surface area (Å²) in [5.74, 6) is 0.305. The van der Waals surface area contributed by atoms with E-state index in [-0.39, 0.29) is 18.0 Å². The van der Waals surface area contributed by atoms with Gasteiger partial charge >= 0.3 is 6.03 Å². The van der Waals surface area contributed by atoms with E-state index >= 15 is 0 Å². The Bertz CT molecular complexity index is 534. The molecule has 1 aromatic carbocycles. The highest BCUT2D eigenvalue weighted by atomic mass is 16.5. The van der Waals surface area contributed by atoms with Gasteiger partial charge in [0.1, 0.15) is 5.75 Å². The van der Waals surface area contributed by atoms with Crippen LogP contribution in [0.1, 0.15) is 27.2 Å². The van der Waals surface area contributed by atoms with Gasteiger partial charge in [0.15, 0.2) is 0 Å². The molecule has 23 heavy (non-hydrogen) atoms. The lowest BCUT2D eigenvalue weighted by Crippen LogP contribution is -2.35. The zero-order valence-electron chi connectivity index (χ0n) is 14.1. The van der Waals surface area contributed by atoms with E-state index in [2.05, 4.69) is 16.0 Å². The first-order valence-corrected chi connectivity index (χ1v) is 7.58. The molecule has 7 heteroatoms. The van der Waals surface area contributed by atoms with Crippen LogP contribution in [-0.2, 0) is 9.53 Å². The summed E-state index contributed by atoms with van der Waals surface area (Å²) in [6.45, 7) is 6.43. The van der Waals surface area contributed by atoms with Crippen molar-refractivity contribution in [1.82, 2.24) is 5.32 Å². The lowest BCUT2D eigenvalue weighted by atomic mass is 10.2. The number of urea groups is 1. The number of benzene rings is 1. The fraction of sp³-hybridized carbons (Fsp3) is 0.500. The molecule has 0 aliphatic carbocycles. The summed E-state index contributed by atoms with van der Waals surface area (Å²) in [7, 11) is 1.51. The van der Waals surface area contributed by atoms with Crippen LogP contribution in [0.5, 0.6) is 5.75 Å². The normalized spacial score (nSPS) is 11.5. The van der Waals surface area contributed by atoms with Gasteiger partial charge in [-0.3, -0.25) is 4.79 Å². The lowest BCUT2D eigenvalue weighted by Gasteiger charge is -2.15. The summed E-state index contributed by atoms with van der Waals surface area (Å²) < 4.78 is 10.6. The van der Waals surface area contributed by atoms with E-state index < -0.39 is 0 Å². The maximum Gasteiger partial charge on any atom is 0.319 e. The molecule has 0 unspecified atom stereocenters. The first kappa shape index (κ1) is 18.8. The van der Waals surface area contributed by atoms with Gasteiger partial charge in [-0.05, 0) is 31.5 Å². The molecule has 1 rings (SSSR count). The second-order valence-electron chi connectivity index (χ2n) is 5.11. The minimum Gasteiger partial charge on any atom is -0.495 e. The van der Waals surface area contributed by atoms with Crippen molar-refractivity contribution < 1.29 is 19.1 Å². The zero-order chi connectivity index (χ0) is 17.2. The molecule has 0 aliphatic rings. The fourth-order valence-corrected chi connectivity index (χ4v) is 1.86. The Morgan fingerprint density at radius 2 is 2.00 bits per heavy atom.